The molecule has 3 N–H and O–H groups in total. The maximum Gasteiger partial charge on any atom is 0.271 e. The fourth-order valence-corrected chi connectivity index (χ4v) is 2.75. The van der Waals surface area contributed by atoms with Gasteiger partial charge in [-0.1, -0.05) is 25.5 Å². The van der Waals surface area contributed by atoms with E-state index in [-0.39, 0.29) is 24.3 Å². The predicted molar refractivity (Wildman–Crippen MR) is 81.5 cm³/mol. The molecule has 0 aliphatic carbocycles. The number of rotatable bonds is 6. The van der Waals surface area contributed by atoms with E-state index < -0.39 is 0 Å². The highest BCUT2D eigenvalue weighted by Gasteiger charge is 2.14. The Hall–Kier alpha value is -1.79. The molecule has 2 aromatic rings. The van der Waals surface area contributed by atoms with Crippen LogP contribution in [0, 0.1) is 5.82 Å². The lowest BCUT2D eigenvalue weighted by Crippen LogP contribution is -2.23. The number of carbonyl (C=O) groups excluding carboxylic acids is 1. The van der Waals surface area contributed by atoms with E-state index in [1.807, 2.05) is 0 Å². The standard InChI is InChI=1S/C15H18FN3OS/c1-2-4-12(17)15-19-13(9-21-15)14(20)18-8-10-5-3-6-11(16)7-10/h3,5-7,9,12H,2,4,8,17H2,1H3,(H,18,20). The molecule has 2 rings (SSSR count). The van der Waals surface area contributed by atoms with E-state index in [0.29, 0.717) is 11.3 Å². The van der Waals surface area contributed by atoms with Crippen LogP contribution in [0.4, 0.5) is 4.39 Å². The molecular weight excluding hydrogens is 289 g/mol. The second kappa shape index (κ2) is 7.28. The number of nitrogens with zero attached hydrogens (tertiary/aromatic N) is 1. The van der Waals surface area contributed by atoms with E-state index in [9.17, 15) is 9.18 Å². The first-order valence-electron chi connectivity index (χ1n) is 6.83. The third-order valence-corrected chi connectivity index (χ3v) is 3.99. The number of hydrogen-bond acceptors (Lipinski definition) is 4. The Balaban J connectivity index is 1.94. The summed E-state index contributed by atoms with van der Waals surface area (Å²) in [4.78, 5) is 16.3. The summed E-state index contributed by atoms with van der Waals surface area (Å²) in [5.41, 5.74) is 7.04. The molecule has 112 valence electrons. The van der Waals surface area contributed by atoms with Gasteiger partial charge < -0.3 is 11.1 Å². The molecule has 21 heavy (non-hydrogen) atoms. The highest BCUT2D eigenvalue weighted by molar-refractivity contribution is 7.09. The van der Waals surface area contributed by atoms with Crippen molar-refractivity contribution in [1.29, 1.82) is 0 Å². The first-order chi connectivity index (χ1) is 10.1. The molecule has 4 nitrogen and oxygen atoms in total. The van der Waals surface area contributed by atoms with Gasteiger partial charge in [0.05, 0.1) is 6.04 Å². The molecule has 1 aromatic heterocycles. The van der Waals surface area contributed by atoms with Crippen molar-refractivity contribution in [1.82, 2.24) is 10.3 Å². The molecular formula is C15H18FN3OS. The smallest absolute Gasteiger partial charge is 0.271 e. The minimum absolute atomic E-state index is 0.121. The van der Waals surface area contributed by atoms with Crippen LogP contribution in [0.5, 0.6) is 0 Å². The summed E-state index contributed by atoms with van der Waals surface area (Å²) in [5, 5.41) is 5.20. The lowest BCUT2D eigenvalue weighted by Gasteiger charge is -2.05. The first kappa shape index (κ1) is 15.6. The number of amides is 1. The van der Waals surface area contributed by atoms with E-state index in [2.05, 4.69) is 17.2 Å². The summed E-state index contributed by atoms with van der Waals surface area (Å²) in [5.74, 6) is -0.589. The van der Waals surface area contributed by atoms with Gasteiger partial charge in [-0.25, -0.2) is 9.37 Å². The third kappa shape index (κ3) is 4.34. The second-order valence-electron chi connectivity index (χ2n) is 4.78. The van der Waals surface area contributed by atoms with E-state index in [4.69, 9.17) is 5.73 Å². The Morgan fingerprint density at radius 2 is 2.33 bits per heavy atom. The van der Waals surface area contributed by atoms with Crippen LogP contribution in [0.3, 0.4) is 0 Å². The van der Waals surface area contributed by atoms with Gasteiger partial charge in [-0.15, -0.1) is 11.3 Å². The summed E-state index contributed by atoms with van der Waals surface area (Å²) in [6, 6.07) is 6.01. The summed E-state index contributed by atoms with van der Waals surface area (Å²) in [7, 11) is 0. The number of aromatic nitrogens is 1. The SMILES string of the molecule is CCCC(N)c1nc(C(=O)NCc2cccc(F)c2)cs1. The predicted octanol–water partition coefficient (Wildman–Crippen LogP) is 3.01. The normalized spacial score (nSPS) is 12.1. The van der Waals surface area contributed by atoms with Crippen molar-refractivity contribution < 1.29 is 9.18 Å². The van der Waals surface area contributed by atoms with Gasteiger partial charge in [0.15, 0.2) is 0 Å². The van der Waals surface area contributed by atoms with Gasteiger partial charge in [0.25, 0.3) is 5.91 Å². The molecule has 6 heteroatoms. The Kier molecular flexibility index (Phi) is 5.41. The maximum atomic E-state index is 13.0. The highest BCUT2D eigenvalue weighted by Crippen LogP contribution is 2.20. The number of thiazole rings is 1. The molecule has 1 atom stereocenters. The van der Waals surface area contributed by atoms with E-state index >= 15 is 0 Å². The third-order valence-electron chi connectivity index (χ3n) is 3.01. The van der Waals surface area contributed by atoms with Crippen LogP contribution in [0.2, 0.25) is 0 Å². The van der Waals surface area contributed by atoms with Crippen LogP contribution in [0.25, 0.3) is 0 Å². The second-order valence-corrected chi connectivity index (χ2v) is 5.67. The van der Waals surface area contributed by atoms with E-state index in [0.717, 1.165) is 17.8 Å². The molecule has 1 amide bonds. The molecule has 0 radical (unpaired) electrons. The van der Waals surface area contributed by atoms with E-state index in [1.165, 1.54) is 23.5 Å². The summed E-state index contributed by atoms with van der Waals surface area (Å²) in [6.07, 6.45) is 1.82. The fourth-order valence-electron chi connectivity index (χ4n) is 1.92. The molecule has 0 saturated heterocycles. The summed E-state index contributed by atoms with van der Waals surface area (Å²) in [6.45, 7) is 2.32. The fraction of sp³-hybridized carbons (Fsp3) is 0.333. The highest BCUT2D eigenvalue weighted by atomic mass is 32.1. The number of benzene rings is 1. The molecule has 1 aromatic carbocycles. The molecule has 0 saturated carbocycles. The molecule has 0 fully saturated rings. The van der Waals surface area contributed by atoms with Gasteiger partial charge in [-0.2, -0.15) is 0 Å². The minimum Gasteiger partial charge on any atom is -0.347 e. The van der Waals surface area contributed by atoms with Crippen LogP contribution in [-0.2, 0) is 6.54 Å². The monoisotopic (exact) mass is 307 g/mol. The summed E-state index contributed by atoms with van der Waals surface area (Å²) >= 11 is 1.39. The molecule has 1 heterocycles. The zero-order valence-corrected chi connectivity index (χ0v) is 12.6. The zero-order chi connectivity index (χ0) is 15.2. The average molecular weight is 307 g/mol. The Morgan fingerprint density at radius 3 is 3.05 bits per heavy atom. The Bertz CT molecular complexity index is 614. The van der Waals surface area contributed by atoms with Crippen molar-refractivity contribution in [3.63, 3.8) is 0 Å². The van der Waals surface area contributed by atoms with E-state index in [1.54, 1.807) is 17.5 Å². The molecule has 0 spiro atoms. The van der Waals surface area contributed by atoms with Crippen LogP contribution in [0.1, 0.15) is 46.9 Å². The number of halogens is 1. The van der Waals surface area contributed by atoms with Crippen molar-refractivity contribution in [2.45, 2.75) is 32.4 Å². The van der Waals surface area contributed by atoms with Crippen molar-refractivity contribution in [3.05, 3.63) is 51.7 Å². The Morgan fingerprint density at radius 1 is 1.52 bits per heavy atom. The van der Waals surface area contributed by atoms with Crippen LogP contribution >= 0.6 is 11.3 Å². The van der Waals surface area contributed by atoms with Gasteiger partial charge in [0.2, 0.25) is 0 Å². The van der Waals surface area contributed by atoms with Crippen molar-refractivity contribution in [2.24, 2.45) is 5.73 Å². The summed E-state index contributed by atoms with van der Waals surface area (Å²) < 4.78 is 13.0. The van der Waals surface area contributed by atoms with Crippen LogP contribution in [-0.4, -0.2) is 10.9 Å². The zero-order valence-electron chi connectivity index (χ0n) is 11.8. The van der Waals surface area contributed by atoms with Crippen molar-refractivity contribution >= 4 is 17.2 Å². The molecule has 0 aliphatic rings. The molecule has 0 bridgehead atoms. The lowest BCUT2D eigenvalue weighted by atomic mass is 10.2. The van der Waals surface area contributed by atoms with Gasteiger partial charge in [-0.05, 0) is 24.1 Å². The van der Waals surface area contributed by atoms with Crippen LogP contribution < -0.4 is 11.1 Å². The first-order valence-corrected chi connectivity index (χ1v) is 7.71. The van der Waals surface area contributed by atoms with Gasteiger partial charge in [0.1, 0.15) is 16.5 Å². The number of nitrogens with two attached hydrogens (primary N) is 1. The molecule has 1 unspecified atom stereocenters. The largest absolute Gasteiger partial charge is 0.347 e. The lowest BCUT2D eigenvalue weighted by molar-refractivity contribution is 0.0946. The van der Waals surface area contributed by atoms with Crippen molar-refractivity contribution in [2.75, 3.05) is 0 Å². The number of hydrogen-bond donors (Lipinski definition) is 2. The van der Waals surface area contributed by atoms with Crippen molar-refractivity contribution in [3.8, 4) is 0 Å². The van der Waals surface area contributed by atoms with Gasteiger partial charge in [0, 0.05) is 11.9 Å². The maximum absolute atomic E-state index is 13.0. The van der Waals surface area contributed by atoms with Crippen LogP contribution in [0.15, 0.2) is 29.6 Å². The Labute approximate surface area is 127 Å². The average Bonchev–Trinajstić information content (AvgIpc) is 2.95. The minimum atomic E-state index is -0.316. The number of nitrogens with one attached hydrogen (secondary N) is 1. The van der Waals surface area contributed by atoms with Gasteiger partial charge >= 0.3 is 0 Å². The number of carbonyl (C=O) groups is 1. The quantitative estimate of drug-likeness (QED) is 0.862. The van der Waals surface area contributed by atoms with Gasteiger partial charge in [-0.3, -0.25) is 4.79 Å². The molecule has 0 aliphatic heterocycles. The topological polar surface area (TPSA) is 68.0 Å².